The molecule has 0 spiro atoms. The van der Waals surface area contributed by atoms with Crippen LogP contribution in [0.25, 0.3) is 22.4 Å². The van der Waals surface area contributed by atoms with Gasteiger partial charge in [0.1, 0.15) is 17.5 Å². The Bertz CT molecular complexity index is 1300. The molecule has 4 rings (SSSR count). The average molecular weight is 511 g/mol. The quantitative estimate of drug-likeness (QED) is 0.449. The minimum absolute atomic E-state index is 0.0263. The van der Waals surface area contributed by atoms with Crippen LogP contribution in [0.5, 0.6) is 0 Å². The molecule has 200 valence electrons. The molecule has 2 N–H and O–H groups in total. The topological polar surface area (TPSA) is 108 Å². The monoisotopic (exact) mass is 510 g/mol. The van der Waals surface area contributed by atoms with Crippen LogP contribution in [0.3, 0.4) is 0 Å². The van der Waals surface area contributed by atoms with E-state index in [1.165, 1.54) is 0 Å². The summed E-state index contributed by atoms with van der Waals surface area (Å²) in [7, 11) is 1.75. The molecule has 1 fully saturated rings. The number of ether oxygens (including phenoxy) is 2. The number of benzene rings is 1. The Kier molecular flexibility index (Phi) is 7.87. The number of aryl methyl sites for hydroxylation is 2. The summed E-state index contributed by atoms with van der Waals surface area (Å²) in [4.78, 5) is 29.9. The summed E-state index contributed by atoms with van der Waals surface area (Å²) in [6, 6.07) is 7.05. The van der Waals surface area contributed by atoms with E-state index in [1.54, 1.807) is 39.3 Å². The normalized spacial score (nSPS) is 17.8. The van der Waals surface area contributed by atoms with Crippen molar-refractivity contribution in [2.75, 3.05) is 13.2 Å². The molecule has 3 heterocycles. The van der Waals surface area contributed by atoms with Crippen LogP contribution in [0, 0.1) is 12.8 Å². The molecule has 2 aromatic heterocycles. The van der Waals surface area contributed by atoms with Crippen LogP contribution >= 0.6 is 0 Å². The molecule has 3 aromatic rings. The highest BCUT2D eigenvalue weighted by Gasteiger charge is 2.29. The first-order chi connectivity index (χ1) is 17.4. The van der Waals surface area contributed by atoms with Gasteiger partial charge in [-0.05, 0) is 64.8 Å². The molecule has 0 saturated carbocycles. The van der Waals surface area contributed by atoms with Gasteiger partial charge in [0.25, 0.3) is 5.56 Å². The van der Waals surface area contributed by atoms with E-state index in [9.17, 15) is 14.7 Å². The summed E-state index contributed by atoms with van der Waals surface area (Å²) in [5.41, 5.74) is 3.65. The third-order valence-electron chi connectivity index (χ3n) is 6.57. The molecule has 1 saturated heterocycles. The lowest BCUT2D eigenvalue weighted by Crippen LogP contribution is -2.47. The SMILES string of the molecule is Cc1cc(-c2nc3ccc(CN[C@@H](C(=O)OC(C)(C)C)[C@@H](C)O)cc3n2C[C@H]2CCOC2)cn(C)c1=O. The van der Waals surface area contributed by atoms with Gasteiger partial charge in [-0.3, -0.25) is 14.9 Å². The van der Waals surface area contributed by atoms with Crippen LogP contribution in [0.1, 0.15) is 45.2 Å². The van der Waals surface area contributed by atoms with Gasteiger partial charge in [0.2, 0.25) is 0 Å². The number of carbonyl (C=O) groups excluding carboxylic acids is 1. The fourth-order valence-electron chi connectivity index (χ4n) is 4.71. The Morgan fingerprint density at radius 1 is 1.32 bits per heavy atom. The van der Waals surface area contributed by atoms with E-state index in [1.807, 2.05) is 31.3 Å². The minimum Gasteiger partial charge on any atom is -0.459 e. The molecular weight excluding hydrogens is 472 g/mol. The van der Waals surface area contributed by atoms with Crippen molar-refractivity contribution in [2.45, 2.75) is 71.9 Å². The molecule has 37 heavy (non-hydrogen) atoms. The molecular formula is C28H38N4O5. The number of pyridine rings is 1. The van der Waals surface area contributed by atoms with E-state index >= 15 is 0 Å². The lowest BCUT2D eigenvalue weighted by Gasteiger charge is -2.26. The summed E-state index contributed by atoms with van der Waals surface area (Å²) >= 11 is 0. The van der Waals surface area contributed by atoms with E-state index in [-0.39, 0.29) is 5.56 Å². The summed E-state index contributed by atoms with van der Waals surface area (Å²) < 4.78 is 14.9. The van der Waals surface area contributed by atoms with Gasteiger partial charge in [-0.25, -0.2) is 4.98 Å². The molecule has 9 nitrogen and oxygen atoms in total. The first-order valence-electron chi connectivity index (χ1n) is 12.8. The number of fused-ring (bicyclic) bond motifs is 1. The van der Waals surface area contributed by atoms with Crippen molar-refractivity contribution >= 4 is 17.0 Å². The lowest BCUT2D eigenvalue weighted by molar-refractivity contribution is -0.160. The third kappa shape index (κ3) is 6.29. The van der Waals surface area contributed by atoms with Gasteiger partial charge in [-0.2, -0.15) is 0 Å². The van der Waals surface area contributed by atoms with Crippen molar-refractivity contribution in [3.63, 3.8) is 0 Å². The van der Waals surface area contributed by atoms with Crippen LogP contribution < -0.4 is 10.9 Å². The summed E-state index contributed by atoms with van der Waals surface area (Å²) in [6.07, 6.45) is 1.90. The van der Waals surface area contributed by atoms with Crippen LogP contribution in [-0.4, -0.2) is 56.2 Å². The van der Waals surface area contributed by atoms with Crippen molar-refractivity contribution in [3.8, 4) is 11.4 Å². The predicted molar refractivity (Wildman–Crippen MR) is 142 cm³/mol. The molecule has 1 aliphatic rings. The van der Waals surface area contributed by atoms with Gasteiger partial charge in [-0.1, -0.05) is 6.07 Å². The van der Waals surface area contributed by atoms with E-state index in [0.717, 1.165) is 47.6 Å². The van der Waals surface area contributed by atoms with Crippen LogP contribution in [0.2, 0.25) is 0 Å². The van der Waals surface area contributed by atoms with Crippen molar-refractivity contribution in [1.29, 1.82) is 0 Å². The zero-order valence-electron chi connectivity index (χ0n) is 22.6. The molecule has 1 aliphatic heterocycles. The van der Waals surface area contributed by atoms with Crippen molar-refractivity contribution in [1.82, 2.24) is 19.4 Å². The molecule has 0 bridgehead atoms. The maximum absolute atomic E-state index is 12.6. The van der Waals surface area contributed by atoms with Gasteiger partial charge in [-0.15, -0.1) is 0 Å². The van der Waals surface area contributed by atoms with Crippen molar-refractivity contribution < 1.29 is 19.4 Å². The van der Waals surface area contributed by atoms with Gasteiger partial charge in [0, 0.05) is 50.0 Å². The largest absolute Gasteiger partial charge is 0.459 e. The Morgan fingerprint density at radius 2 is 2.08 bits per heavy atom. The van der Waals surface area contributed by atoms with E-state index in [4.69, 9.17) is 14.5 Å². The number of nitrogens with one attached hydrogen (secondary N) is 1. The van der Waals surface area contributed by atoms with Gasteiger partial charge < -0.3 is 23.7 Å². The second-order valence-electron chi connectivity index (χ2n) is 11.1. The molecule has 9 heteroatoms. The number of aliphatic hydroxyl groups is 1. The smallest absolute Gasteiger partial charge is 0.326 e. The number of imidazole rings is 1. The lowest BCUT2D eigenvalue weighted by atomic mass is 10.1. The van der Waals surface area contributed by atoms with Crippen molar-refractivity contribution in [2.24, 2.45) is 13.0 Å². The first-order valence-corrected chi connectivity index (χ1v) is 12.8. The number of carbonyl (C=O) groups is 1. The summed E-state index contributed by atoms with van der Waals surface area (Å²) in [5.74, 6) is 0.696. The summed E-state index contributed by atoms with van der Waals surface area (Å²) in [6.45, 7) is 11.4. The number of aromatic nitrogens is 3. The zero-order chi connectivity index (χ0) is 26.9. The third-order valence-corrected chi connectivity index (χ3v) is 6.57. The second kappa shape index (κ2) is 10.8. The van der Waals surface area contributed by atoms with Gasteiger partial charge >= 0.3 is 5.97 Å². The van der Waals surface area contributed by atoms with Gasteiger partial charge in [0.15, 0.2) is 0 Å². The molecule has 0 amide bonds. The average Bonchev–Trinajstić information content (AvgIpc) is 3.44. The number of rotatable bonds is 8. The highest BCUT2D eigenvalue weighted by Crippen LogP contribution is 2.28. The first kappa shape index (κ1) is 27.0. The van der Waals surface area contributed by atoms with E-state index in [2.05, 4.69) is 16.0 Å². The molecule has 0 aliphatic carbocycles. The number of hydrogen-bond acceptors (Lipinski definition) is 7. The van der Waals surface area contributed by atoms with Crippen LogP contribution in [-0.2, 0) is 34.4 Å². The molecule has 0 radical (unpaired) electrons. The maximum Gasteiger partial charge on any atom is 0.326 e. The molecule has 0 unspecified atom stereocenters. The Balaban J connectivity index is 1.68. The Hall–Kier alpha value is -3.01. The Labute approximate surface area is 217 Å². The predicted octanol–water partition coefficient (Wildman–Crippen LogP) is 2.93. The molecule has 1 aromatic carbocycles. The van der Waals surface area contributed by atoms with E-state index in [0.29, 0.717) is 24.6 Å². The fraction of sp³-hybridized carbons (Fsp3) is 0.536. The van der Waals surface area contributed by atoms with Crippen molar-refractivity contribution in [3.05, 3.63) is 51.9 Å². The highest BCUT2D eigenvalue weighted by molar-refractivity contribution is 5.81. The minimum atomic E-state index is -0.911. The molecule has 3 atom stereocenters. The highest BCUT2D eigenvalue weighted by atomic mass is 16.6. The maximum atomic E-state index is 12.6. The summed E-state index contributed by atoms with van der Waals surface area (Å²) in [5, 5.41) is 13.4. The number of hydrogen-bond donors (Lipinski definition) is 2. The van der Waals surface area contributed by atoms with Crippen LogP contribution in [0.15, 0.2) is 35.3 Å². The number of aliphatic hydroxyl groups excluding tert-OH is 1. The standard InChI is InChI=1S/C28H38N4O5/c1-17-11-21(15-31(6)26(17)34)25-30-22-8-7-19(12-23(22)32(25)14-20-9-10-36-16-20)13-29-24(18(2)33)27(35)37-28(3,4)5/h7-8,11-12,15,18,20,24,29,33H,9-10,13-14,16H2,1-6H3/t18-,20-,24-/m1/s1. The van der Waals surface area contributed by atoms with Crippen LogP contribution in [0.4, 0.5) is 0 Å². The fourth-order valence-corrected chi connectivity index (χ4v) is 4.71. The Morgan fingerprint density at radius 3 is 2.70 bits per heavy atom. The zero-order valence-corrected chi connectivity index (χ0v) is 22.6. The van der Waals surface area contributed by atoms with Gasteiger partial charge in [0.05, 0.1) is 23.7 Å². The second-order valence-corrected chi connectivity index (χ2v) is 11.1. The van der Waals surface area contributed by atoms with E-state index < -0.39 is 23.7 Å². The number of esters is 1. The number of nitrogens with zero attached hydrogens (tertiary/aromatic N) is 3.